The van der Waals surface area contributed by atoms with Gasteiger partial charge in [0.1, 0.15) is 11.7 Å². The fourth-order valence-electron chi connectivity index (χ4n) is 5.25. The van der Waals surface area contributed by atoms with Gasteiger partial charge in [0.25, 0.3) is 0 Å². The summed E-state index contributed by atoms with van der Waals surface area (Å²) in [5, 5.41) is 10.4. The first kappa shape index (κ1) is 22.6. The molecule has 0 atom stereocenters. The van der Waals surface area contributed by atoms with Gasteiger partial charge in [-0.3, -0.25) is 4.79 Å². The number of carbonyl (C=O) groups is 1. The van der Waals surface area contributed by atoms with Crippen LogP contribution in [0.25, 0.3) is 11.0 Å². The third-order valence-electron chi connectivity index (χ3n) is 7.16. The van der Waals surface area contributed by atoms with E-state index in [2.05, 4.69) is 16.0 Å². The molecule has 2 saturated heterocycles. The van der Waals surface area contributed by atoms with Gasteiger partial charge in [0.2, 0.25) is 15.9 Å². The molecule has 34 heavy (non-hydrogen) atoms. The molecule has 1 amide bonds. The van der Waals surface area contributed by atoms with E-state index >= 15 is 0 Å². The van der Waals surface area contributed by atoms with E-state index < -0.39 is 10.0 Å². The second-order valence-electron chi connectivity index (χ2n) is 9.03. The van der Waals surface area contributed by atoms with Crippen LogP contribution >= 0.6 is 0 Å². The fraction of sp³-hybridized carbons (Fsp3) is 0.400. The van der Waals surface area contributed by atoms with Gasteiger partial charge in [0.05, 0.1) is 10.5 Å². The number of sulfonamides is 1. The van der Waals surface area contributed by atoms with Crippen LogP contribution in [0.3, 0.4) is 0 Å². The van der Waals surface area contributed by atoms with Crippen LogP contribution in [0, 0.1) is 17.2 Å². The monoisotopic (exact) mass is 477 g/mol. The Labute approximate surface area is 199 Å². The zero-order chi connectivity index (χ0) is 23.7. The average Bonchev–Trinajstić information content (AvgIpc) is 3.32. The van der Waals surface area contributed by atoms with Crippen LogP contribution in [0.2, 0.25) is 0 Å². The molecule has 4 heterocycles. The molecule has 0 unspecified atom stereocenters. The summed E-state index contributed by atoms with van der Waals surface area (Å²) in [6.45, 7) is 2.00. The molecule has 3 aromatic rings. The van der Waals surface area contributed by atoms with Crippen LogP contribution in [0.15, 0.2) is 53.7 Å². The molecule has 2 aromatic heterocycles. The highest BCUT2D eigenvalue weighted by atomic mass is 32.2. The molecule has 176 valence electrons. The number of nitrogens with one attached hydrogen (secondary N) is 1. The molecule has 0 bridgehead atoms. The van der Waals surface area contributed by atoms with Crippen molar-refractivity contribution in [2.45, 2.75) is 36.5 Å². The highest BCUT2D eigenvalue weighted by molar-refractivity contribution is 7.89. The third-order valence-corrected chi connectivity index (χ3v) is 9.11. The maximum absolute atomic E-state index is 13.2. The van der Waals surface area contributed by atoms with Gasteiger partial charge < -0.3 is 9.88 Å². The predicted octanol–water partition coefficient (Wildman–Crippen LogP) is 3.24. The number of benzene rings is 1. The van der Waals surface area contributed by atoms with Crippen molar-refractivity contribution in [3.05, 3.63) is 59.9 Å². The largest absolute Gasteiger partial charge is 0.346 e. The summed E-state index contributed by atoms with van der Waals surface area (Å²) in [4.78, 5) is 22.8. The number of pyridine rings is 1. The molecule has 2 aliphatic rings. The number of H-pyrrole nitrogens is 1. The number of rotatable bonds is 4. The number of likely N-dealkylation sites (tertiary alicyclic amines) is 1. The number of carbonyl (C=O) groups excluding carboxylic acids is 1. The zero-order valence-corrected chi connectivity index (χ0v) is 19.7. The lowest BCUT2D eigenvalue weighted by Crippen LogP contribution is -2.46. The Morgan fingerprint density at radius 2 is 1.76 bits per heavy atom. The van der Waals surface area contributed by atoms with Gasteiger partial charge in [-0.2, -0.15) is 9.57 Å². The topological polar surface area (TPSA) is 110 Å². The van der Waals surface area contributed by atoms with E-state index in [0.29, 0.717) is 31.8 Å². The Hall–Kier alpha value is -3.22. The molecule has 1 N–H and O–H groups in total. The number of nitrogens with zero attached hydrogens (tertiary/aromatic N) is 4. The van der Waals surface area contributed by atoms with Crippen molar-refractivity contribution in [2.75, 3.05) is 26.2 Å². The van der Waals surface area contributed by atoms with E-state index in [1.165, 1.54) is 22.0 Å². The van der Waals surface area contributed by atoms with Gasteiger partial charge in [0, 0.05) is 49.9 Å². The quantitative estimate of drug-likeness (QED) is 0.620. The molecule has 0 spiro atoms. The molecule has 9 heteroatoms. The summed E-state index contributed by atoms with van der Waals surface area (Å²) in [6.07, 6.45) is 6.64. The predicted molar refractivity (Wildman–Crippen MR) is 127 cm³/mol. The lowest BCUT2D eigenvalue weighted by molar-refractivity contribution is -0.137. The van der Waals surface area contributed by atoms with Crippen molar-refractivity contribution < 1.29 is 13.2 Å². The van der Waals surface area contributed by atoms with E-state index in [9.17, 15) is 18.5 Å². The second-order valence-corrected chi connectivity index (χ2v) is 10.9. The third kappa shape index (κ3) is 4.08. The molecule has 0 aliphatic carbocycles. The van der Waals surface area contributed by atoms with E-state index in [1.807, 2.05) is 23.2 Å². The van der Waals surface area contributed by atoms with Crippen LogP contribution in [-0.4, -0.2) is 59.7 Å². The van der Waals surface area contributed by atoms with Crippen molar-refractivity contribution in [3.8, 4) is 6.07 Å². The average molecular weight is 478 g/mol. The first-order chi connectivity index (χ1) is 16.5. The number of nitriles is 1. The number of aromatic amines is 1. The Balaban J connectivity index is 1.19. The van der Waals surface area contributed by atoms with Crippen molar-refractivity contribution >= 4 is 27.0 Å². The number of aromatic nitrogens is 2. The maximum Gasteiger partial charge on any atom is 0.244 e. The van der Waals surface area contributed by atoms with Crippen molar-refractivity contribution in [1.29, 1.82) is 5.26 Å². The Morgan fingerprint density at radius 1 is 1.03 bits per heavy atom. The first-order valence-electron chi connectivity index (χ1n) is 11.7. The SMILES string of the molecule is N#Cc1ccccc1S(=O)(=O)N1CCC(C(=O)N2CCC(c3c[nH]c4ncccc34)CC2)CC1. The summed E-state index contributed by atoms with van der Waals surface area (Å²) in [5.74, 6) is 0.370. The minimum Gasteiger partial charge on any atom is -0.346 e. The normalized spacial score (nSPS) is 18.7. The smallest absolute Gasteiger partial charge is 0.244 e. The second kappa shape index (κ2) is 9.20. The lowest BCUT2D eigenvalue weighted by atomic mass is 9.88. The number of amides is 1. The van der Waals surface area contributed by atoms with Crippen molar-refractivity contribution in [3.63, 3.8) is 0 Å². The van der Waals surface area contributed by atoms with Gasteiger partial charge in [-0.25, -0.2) is 13.4 Å². The summed E-state index contributed by atoms with van der Waals surface area (Å²) in [7, 11) is -3.75. The standard InChI is InChI=1S/C25H27N5O3S/c26-16-20-4-1-2-6-23(20)34(32,33)30-14-9-19(10-15-30)25(31)29-12-7-18(8-13-29)22-17-28-24-21(22)5-3-11-27-24/h1-6,11,17-19H,7-10,12-15H2,(H,27,28). The fourth-order valence-corrected chi connectivity index (χ4v) is 6.86. The molecular weight excluding hydrogens is 450 g/mol. The van der Waals surface area contributed by atoms with Gasteiger partial charge in [-0.1, -0.05) is 12.1 Å². The summed E-state index contributed by atoms with van der Waals surface area (Å²) >= 11 is 0. The van der Waals surface area contributed by atoms with E-state index in [-0.39, 0.29) is 35.4 Å². The van der Waals surface area contributed by atoms with Gasteiger partial charge >= 0.3 is 0 Å². The van der Waals surface area contributed by atoms with Gasteiger partial charge in [-0.05, 0) is 61.4 Å². The van der Waals surface area contributed by atoms with Crippen LogP contribution in [-0.2, 0) is 14.8 Å². The minimum atomic E-state index is -3.75. The number of fused-ring (bicyclic) bond motifs is 1. The minimum absolute atomic E-state index is 0.0387. The Morgan fingerprint density at radius 3 is 2.50 bits per heavy atom. The number of hydrogen-bond donors (Lipinski definition) is 1. The van der Waals surface area contributed by atoms with E-state index in [4.69, 9.17) is 0 Å². The summed E-state index contributed by atoms with van der Waals surface area (Å²) < 4.78 is 27.5. The number of hydrogen-bond acceptors (Lipinski definition) is 5. The van der Waals surface area contributed by atoms with Crippen LogP contribution in [0.1, 0.15) is 42.7 Å². The van der Waals surface area contributed by atoms with Crippen LogP contribution in [0.5, 0.6) is 0 Å². The van der Waals surface area contributed by atoms with Crippen LogP contribution in [0.4, 0.5) is 0 Å². The molecular formula is C25H27N5O3S. The lowest BCUT2D eigenvalue weighted by Gasteiger charge is -2.37. The van der Waals surface area contributed by atoms with Gasteiger partial charge in [0.15, 0.2) is 0 Å². The highest BCUT2D eigenvalue weighted by Gasteiger charge is 2.36. The zero-order valence-electron chi connectivity index (χ0n) is 18.9. The molecule has 5 rings (SSSR count). The molecule has 2 fully saturated rings. The summed E-state index contributed by atoms with van der Waals surface area (Å²) in [5.41, 5.74) is 2.32. The van der Waals surface area contributed by atoms with Crippen molar-refractivity contribution in [2.24, 2.45) is 5.92 Å². The number of piperidine rings is 2. The molecule has 8 nitrogen and oxygen atoms in total. The first-order valence-corrected chi connectivity index (χ1v) is 13.1. The van der Waals surface area contributed by atoms with Crippen molar-refractivity contribution in [1.82, 2.24) is 19.2 Å². The van der Waals surface area contributed by atoms with Gasteiger partial charge in [-0.15, -0.1) is 0 Å². The molecule has 2 aliphatic heterocycles. The molecule has 0 radical (unpaired) electrons. The Bertz CT molecular complexity index is 1340. The Kier molecular flexibility index (Phi) is 6.11. The molecule has 0 saturated carbocycles. The highest BCUT2D eigenvalue weighted by Crippen LogP contribution is 2.34. The van der Waals surface area contributed by atoms with E-state index in [1.54, 1.807) is 18.3 Å². The summed E-state index contributed by atoms with van der Waals surface area (Å²) in [6, 6.07) is 12.3. The molecule has 1 aromatic carbocycles. The van der Waals surface area contributed by atoms with Crippen LogP contribution < -0.4 is 0 Å². The maximum atomic E-state index is 13.2. The van der Waals surface area contributed by atoms with E-state index in [0.717, 1.165) is 23.9 Å².